The molecule has 1 aromatic carbocycles. The van der Waals surface area contributed by atoms with Crippen LogP contribution in [-0.2, 0) is 0 Å². The number of hydrogen-bond acceptors (Lipinski definition) is 2. The van der Waals surface area contributed by atoms with Crippen LogP contribution in [0.5, 0.6) is 0 Å². The Balaban J connectivity index is 1.65. The van der Waals surface area contributed by atoms with Crippen molar-refractivity contribution in [2.24, 2.45) is 0 Å². The molecule has 1 N–H and O–H groups in total. The smallest absolute Gasteiger partial charge is 0.317 e. The largest absolute Gasteiger partial charge is 0.335 e. The number of alkyl halides is 1. The van der Waals surface area contributed by atoms with Gasteiger partial charge in [0.15, 0.2) is 17.8 Å². The minimum absolute atomic E-state index is 0.0907. The van der Waals surface area contributed by atoms with Gasteiger partial charge in [0.2, 0.25) is 0 Å². The lowest BCUT2D eigenvalue weighted by molar-refractivity contribution is 0.182. The molecule has 1 atom stereocenters. The highest BCUT2D eigenvalue weighted by atomic mass is 19.1. The van der Waals surface area contributed by atoms with Crippen LogP contribution in [0.15, 0.2) is 24.4 Å². The Bertz CT molecular complexity index is 766. The Kier molecular flexibility index (Phi) is 5.43. The van der Waals surface area contributed by atoms with Crippen molar-refractivity contribution in [2.45, 2.75) is 25.4 Å². The van der Waals surface area contributed by atoms with E-state index in [-0.39, 0.29) is 18.3 Å². The second-order valence-electron chi connectivity index (χ2n) is 6.10. The molecule has 1 fully saturated rings. The van der Waals surface area contributed by atoms with Gasteiger partial charge in [0.05, 0.1) is 12.2 Å². The summed E-state index contributed by atoms with van der Waals surface area (Å²) in [5, 5.41) is 6.29. The predicted molar refractivity (Wildman–Crippen MR) is 86.1 cm³/mol. The highest BCUT2D eigenvalue weighted by Crippen LogP contribution is 2.21. The number of rotatable bonds is 4. The highest BCUT2D eigenvalue weighted by molar-refractivity contribution is 5.74. The van der Waals surface area contributed by atoms with Crippen molar-refractivity contribution in [1.82, 2.24) is 20.0 Å². The van der Waals surface area contributed by atoms with Gasteiger partial charge in [-0.05, 0) is 25.3 Å². The average molecular weight is 370 g/mol. The fourth-order valence-corrected chi connectivity index (χ4v) is 2.87. The van der Waals surface area contributed by atoms with Crippen molar-refractivity contribution in [3.8, 4) is 5.69 Å². The van der Waals surface area contributed by atoms with Gasteiger partial charge in [-0.25, -0.2) is 27.0 Å². The maximum absolute atomic E-state index is 14.3. The van der Waals surface area contributed by atoms with Crippen LogP contribution in [0.4, 0.5) is 22.4 Å². The summed E-state index contributed by atoms with van der Waals surface area (Å²) in [4.78, 5) is 13.6. The molecular weight excluding hydrogens is 352 g/mol. The van der Waals surface area contributed by atoms with Crippen molar-refractivity contribution >= 4 is 6.03 Å². The third kappa shape index (κ3) is 3.97. The molecule has 0 spiro atoms. The quantitative estimate of drug-likeness (QED) is 0.838. The van der Waals surface area contributed by atoms with Crippen molar-refractivity contribution in [3.05, 3.63) is 47.5 Å². The lowest BCUT2D eigenvalue weighted by atomic mass is 10.1. The third-order valence-electron chi connectivity index (χ3n) is 4.22. The molecule has 5 nitrogen and oxygen atoms in total. The number of carbonyl (C=O) groups is 1. The van der Waals surface area contributed by atoms with Crippen LogP contribution in [-0.4, -0.2) is 40.3 Å². The first kappa shape index (κ1) is 18.2. The molecule has 0 bridgehead atoms. The lowest BCUT2D eigenvalue weighted by Gasteiger charge is -2.27. The highest BCUT2D eigenvalue weighted by Gasteiger charge is 2.21. The number of urea groups is 1. The summed E-state index contributed by atoms with van der Waals surface area (Å²) >= 11 is 0. The van der Waals surface area contributed by atoms with Crippen molar-refractivity contribution in [2.75, 3.05) is 19.6 Å². The van der Waals surface area contributed by atoms with E-state index < -0.39 is 29.3 Å². The van der Waals surface area contributed by atoms with Gasteiger partial charge in [-0.2, -0.15) is 5.10 Å². The molecule has 1 saturated heterocycles. The summed E-state index contributed by atoms with van der Waals surface area (Å²) in [6.07, 6.45) is 2.45. The van der Waals surface area contributed by atoms with Crippen LogP contribution in [0.3, 0.4) is 0 Å². The van der Waals surface area contributed by atoms with E-state index in [4.69, 9.17) is 0 Å². The second-order valence-corrected chi connectivity index (χ2v) is 6.10. The third-order valence-corrected chi connectivity index (χ3v) is 4.22. The molecule has 0 radical (unpaired) electrons. The zero-order valence-electron chi connectivity index (χ0n) is 13.9. The number of carbonyl (C=O) groups excluding carboxylic acids is 1. The summed E-state index contributed by atoms with van der Waals surface area (Å²) in [7, 11) is 0. The van der Waals surface area contributed by atoms with E-state index >= 15 is 0 Å². The van der Waals surface area contributed by atoms with Gasteiger partial charge >= 0.3 is 6.03 Å². The Morgan fingerprint density at radius 3 is 2.46 bits per heavy atom. The molecule has 140 valence electrons. The monoisotopic (exact) mass is 370 g/mol. The van der Waals surface area contributed by atoms with Crippen LogP contribution >= 0.6 is 0 Å². The SMILES string of the molecule is O=C(NC[C@@H](F)c1ccn(-c2c(F)cc(F)cc2F)n1)N1CCCCC1. The van der Waals surface area contributed by atoms with Crippen LogP contribution in [0.1, 0.15) is 31.1 Å². The van der Waals surface area contributed by atoms with E-state index in [1.165, 1.54) is 12.3 Å². The molecule has 26 heavy (non-hydrogen) atoms. The number of piperidine rings is 1. The summed E-state index contributed by atoms with van der Waals surface area (Å²) in [5.41, 5.74) is -0.686. The van der Waals surface area contributed by atoms with Crippen LogP contribution in [0, 0.1) is 17.5 Å². The zero-order valence-corrected chi connectivity index (χ0v) is 13.9. The number of aromatic nitrogens is 2. The minimum atomic E-state index is -1.64. The van der Waals surface area contributed by atoms with Gasteiger partial charge in [-0.15, -0.1) is 0 Å². The summed E-state index contributed by atoms with van der Waals surface area (Å²) < 4.78 is 55.6. The minimum Gasteiger partial charge on any atom is -0.335 e. The molecule has 2 aromatic rings. The normalized spacial score (nSPS) is 15.8. The topological polar surface area (TPSA) is 50.2 Å². The molecule has 2 heterocycles. The fourth-order valence-electron chi connectivity index (χ4n) is 2.87. The zero-order chi connectivity index (χ0) is 18.7. The Labute approximate surface area is 147 Å². The number of benzene rings is 1. The van der Waals surface area contributed by atoms with Gasteiger partial charge in [-0.1, -0.05) is 0 Å². The molecular formula is C17H18F4N4O. The van der Waals surface area contributed by atoms with E-state index in [0.29, 0.717) is 25.2 Å². The summed E-state index contributed by atoms with van der Waals surface area (Å²) in [5.74, 6) is -3.35. The molecule has 2 amide bonds. The van der Waals surface area contributed by atoms with Crippen LogP contribution in [0.25, 0.3) is 5.69 Å². The van der Waals surface area contributed by atoms with Gasteiger partial charge < -0.3 is 10.2 Å². The molecule has 0 aliphatic carbocycles. The second kappa shape index (κ2) is 7.76. The fraction of sp³-hybridized carbons (Fsp3) is 0.412. The summed E-state index contributed by atoms with van der Waals surface area (Å²) in [6, 6.07) is 1.94. The average Bonchev–Trinajstić information content (AvgIpc) is 3.09. The first-order valence-corrected chi connectivity index (χ1v) is 8.33. The van der Waals surface area contributed by atoms with E-state index in [2.05, 4.69) is 10.4 Å². The van der Waals surface area contributed by atoms with Crippen molar-refractivity contribution in [3.63, 3.8) is 0 Å². The van der Waals surface area contributed by atoms with E-state index in [0.717, 1.165) is 23.9 Å². The lowest BCUT2D eigenvalue weighted by Crippen LogP contribution is -2.43. The maximum atomic E-state index is 14.3. The number of halogens is 4. The van der Waals surface area contributed by atoms with Crippen LogP contribution < -0.4 is 5.32 Å². The Morgan fingerprint density at radius 1 is 1.15 bits per heavy atom. The van der Waals surface area contributed by atoms with Gasteiger partial charge in [-0.3, -0.25) is 0 Å². The molecule has 1 aliphatic rings. The van der Waals surface area contributed by atoms with E-state index in [1.54, 1.807) is 4.90 Å². The van der Waals surface area contributed by atoms with Crippen LogP contribution in [0.2, 0.25) is 0 Å². The number of likely N-dealkylation sites (tertiary alicyclic amines) is 1. The molecule has 3 rings (SSSR count). The number of amides is 2. The standard InChI is InChI=1S/C17H18F4N4O/c18-11-8-12(19)16(13(20)9-11)25-7-4-15(23-25)14(21)10-22-17(26)24-5-2-1-3-6-24/h4,7-9,14H,1-3,5-6,10H2,(H,22,26)/t14-/m1/s1. The van der Waals surface area contributed by atoms with Crippen molar-refractivity contribution < 1.29 is 22.4 Å². The Morgan fingerprint density at radius 2 is 1.81 bits per heavy atom. The molecule has 1 aromatic heterocycles. The Hall–Kier alpha value is -2.58. The van der Waals surface area contributed by atoms with Gasteiger partial charge in [0, 0.05) is 31.4 Å². The molecule has 0 saturated carbocycles. The van der Waals surface area contributed by atoms with Gasteiger partial charge in [0.25, 0.3) is 0 Å². The maximum Gasteiger partial charge on any atom is 0.317 e. The number of nitrogens with one attached hydrogen (secondary N) is 1. The number of nitrogens with zero attached hydrogens (tertiary/aromatic N) is 3. The van der Waals surface area contributed by atoms with E-state index in [1.807, 2.05) is 0 Å². The van der Waals surface area contributed by atoms with E-state index in [9.17, 15) is 22.4 Å². The molecule has 0 unspecified atom stereocenters. The first-order valence-electron chi connectivity index (χ1n) is 8.33. The number of hydrogen-bond donors (Lipinski definition) is 1. The summed E-state index contributed by atoms with van der Waals surface area (Å²) in [6.45, 7) is 0.974. The molecule has 9 heteroatoms. The van der Waals surface area contributed by atoms with Gasteiger partial charge in [0.1, 0.15) is 11.5 Å². The predicted octanol–water partition coefficient (Wildman–Crippen LogP) is 3.50. The first-order chi connectivity index (χ1) is 12.5. The molecule has 1 aliphatic heterocycles. The van der Waals surface area contributed by atoms with Crippen molar-refractivity contribution in [1.29, 1.82) is 0 Å².